The Kier molecular flexibility index (Phi) is 5.42. The van der Waals surface area contributed by atoms with Gasteiger partial charge in [0.1, 0.15) is 0 Å². The van der Waals surface area contributed by atoms with Crippen LogP contribution in [0.4, 0.5) is 36.4 Å². The van der Waals surface area contributed by atoms with Crippen molar-refractivity contribution >= 4 is 29.2 Å². The third kappa shape index (κ3) is 3.69. The molecule has 0 saturated heterocycles. The molecule has 1 aliphatic heterocycles. The van der Waals surface area contributed by atoms with E-state index < -0.39 is 35.8 Å². The Morgan fingerprint density at radius 1 is 1.00 bits per heavy atom. The van der Waals surface area contributed by atoms with Crippen molar-refractivity contribution in [3.8, 4) is 11.5 Å². The Bertz CT molecular complexity index is 1340. The number of aryl methyl sites for hydroxylation is 1. The van der Waals surface area contributed by atoms with Crippen LogP contribution < -0.4 is 0 Å². The molecule has 0 spiro atoms. The van der Waals surface area contributed by atoms with Crippen LogP contribution in [-0.2, 0) is 10.7 Å². The lowest BCUT2D eigenvalue weighted by molar-refractivity contribution is -0.364. The van der Waals surface area contributed by atoms with Crippen LogP contribution in [0.25, 0.3) is 11.5 Å². The fourth-order valence-corrected chi connectivity index (χ4v) is 3.24. The van der Waals surface area contributed by atoms with Crippen molar-refractivity contribution in [3.05, 3.63) is 64.0 Å². The SMILES string of the molecule is Cc1cc(-c2nnc(C(F)(F)C(F)(F)C(F)(F)F)o2)ccc1N=C1OC(=O)c2c(Cl)cccc21. The first-order valence-corrected chi connectivity index (χ1v) is 9.49. The largest absolute Gasteiger partial charge is 0.460 e. The highest BCUT2D eigenvalue weighted by Gasteiger charge is 2.76. The van der Waals surface area contributed by atoms with Gasteiger partial charge in [0.15, 0.2) is 0 Å². The van der Waals surface area contributed by atoms with Crippen LogP contribution in [0.5, 0.6) is 0 Å². The Labute approximate surface area is 190 Å². The normalized spacial score (nSPS) is 15.6. The number of rotatable bonds is 4. The molecule has 1 aromatic heterocycles. The molecule has 0 aliphatic carbocycles. The van der Waals surface area contributed by atoms with Crippen LogP contribution in [-0.4, -0.2) is 34.2 Å². The predicted octanol–water partition coefficient (Wildman–Crippen LogP) is 6.24. The molecule has 0 atom stereocenters. The first-order chi connectivity index (χ1) is 15.7. The molecule has 14 heteroatoms. The van der Waals surface area contributed by atoms with E-state index in [9.17, 15) is 35.5 Å². The molecule has 0 unspecified atom stereocenters. The van der Waals surface area contributed by atoms with Gasteiger partial charge in [-0.05, 0) is 42.8 Å². The lowest BCUT2D eigenvalue weighted by Gasteiger charge is -2.25. The second kappa shape index (κ2) is 7.79. The third-order valence-electron chi connectivity index (χ3n) is 4.75. The van der Waals surface area contributed by atoms with Crippen LogP contribution in [0.3, 0.4) is 0 Å². The summed E-state index contributed by atoms with van der Waals surface area (Å²) in [5.41, 5.74) is 1.04. The molecule has 34 heavy (non-hydrogen) atoms. The summed E-state index contributed by atoms with van der Waals surface area (Å²) in [4.78, 5) is 16.3. The van der Waals surface area contributed by atoms with E-state index >= 15 is 0 Å². The lowest BCUT2D eigenvalue weighted by Crippen LogP contribution is -2.50. The highest BCUT2D eigenvalue weighted by atomic mass is 35.5. The highest BCUT2D eigenvalue weighted by Crippen LogP contribution is 2.51. The number of carbonyl (C=O) groups is 1. The maximum absolute atomic E-state index is 13.8. The summed E-state index contributed by atoms with van der Waals surface area (Å²) >= 11 is 6.00. The van der Waals surface area contributed by atoms with Gasteiger partial charge in [-0.3, -0.25) is 0 Å². The van der Waals surface area contributed by atoms with Gasteiger partial charge in [0, 0.05) is 5.56 Å². The number of cyclic esters (lactones) is 1. The van der Waals surface area contributed by atoms with Gasteiger partial charge in [-0.1, -0.05) is 17.7 Å². The van der Waals surface area contributed by atoms with Gasteiger partial charge in [0.25, 0.3) is 5.89 Å². The summed E-state index contributed by atoms with van der Waals surface area (Å²) < 4.78 is 101. The van der Waals surface area contributed by atoms with Gasteiger partial charge in [0.05, 0.1) is 21.8 Å². The minimum absolute atomic E-state index is 0.0487. The van der Waals surface area contributed by atoms with Gasteiger partial charge >= 0.3 is 24.0 Å². The number of halogens is 8. The Morgan fingerprint density at radius 2 is 1.71 bits per heavy atom. The van der Waals surface area contributed by atoms with Crippen molar-refractivity contribution in [2.45, 2.75) is 24.9 Å². The minimum atomic E-state index is -6.55. The lowest BCUT2D eigenvalue weighted by atomic mass is 10.1. The molecule has 0 N–H and O–H groups in total. The fraction of sp³-hybridized carbons (Fsp3) is 0.200. The monoisotopic (exact) mass is 507 g/mol. The molecule has 2 heterocycles. The van der Waals surface area contributed by atoms with E-state index in [2.05, 4.69) is 19.6 Å². The molecular formula is C20H9ClF7N3O3. The zero-order valence-electron chi connectivity index (χ0n) is 16.6. The molecule has 0 radical (unpaired) electrons. The van der Waals surface area contributed by atoms with E-state index in [1.54, 1.807) is 12.1 Å². The average molecular weight is 508 g/mol. The number of hydrogen-bond acceptors (Lipinski definition) is 6. The minimum Gasteiger partial charge on any atom is -0.415 e. The summed E-state index contributed by atoms with van der Waals surface area (Å²) in [6.45, 7) is 1.52. The Balaban J connectivity index is 1.65. The highest BCUT2D eigenvalue weighted by molar-refractivity contribution is 6.36. The van der Waals surface area contributed by atoms with Gasteiger partial charge < -0.3 is 9.15 Å². The molecule has 6 nitrogen and oxygen atoms in total. The maximum Gasteiger partial charge on any atom is 0.460 e. The number of ether oxygens (including phenoxy) is 1. The van der Waals surface area contributed by atoms with E-state index in [0.717, 1.165) is 0 Å². The van der Waals surface area contributed by atoms with Crippen molar-refractivity contribution in [1.82, 2.24) is 10.2 Å². The van der Waals surface area contributed by atoms with Crippen molar-refractivity contribution < 1.29 is 44.7 Å². The van der Waals surface area contributed by atoms with Gasteiger partial charge in [-0.2, -0.15) is 30.7 Å². The van der Waals surface area contributed by atoms with Crippen molar-refractivity contribution in [1.29, 1.82) is 0 Å². The van der Waals surface area contributed by atoms with Crippen LogP contribution in [0.1, 0.15) is 27.4 Å². The molecule has 2 aromatic carbocycles. The number of carbonyl (C=O) groups excluding carboxylic acids is 1. The second-order valence-electron chi connectivity index (χ2n) is 7.03. The first-order valence-electron chi connectivity index (χ1n) is 9.11. The van der Waals surface area contributed by atoms with Crippen molar-refractivity contribution in [2.24, 2.45) is 4.99 Å². The zero-order chi connectivity index (χ0) is 25.1. The molecule has 0 fully saturated rings. The number of alkyl halides is 7. The quantitative estimate of drug-likeness (QED) is 0.309. The van der Waals surface area contributed by atoms with Gasteiger partial charge in [0.2, 0.25) is 11.8 Å². The molecule has 4 rings (SSSR count). The summed E-state index contributed by atoms with van der Waals surface area (Å²) in [6, 6.07) is 8.48. The van der Waals surface area contributed by atoms with Crippen molar-refractivity contribution in [3.63, 3.8) is 0 Å². The number of hydrogen-bond donors (Lipinski definition) is 0. The van der Waals surface area contributed by atoms with E-state index in [1.807, 2.05) is 0 Å². The van der Waals surface area contributed by atoms with E-state index in [4.69, 9.17) is 16.3 Å². The molecule has 178 valence electrons. The molecule has 0 saturated carbocycles. The zero-order valence-corrected chi connectivity index (χ0v) is 17.3. The second-order valence-corrected chi connectivity index (χ2v) is 7.44. The average Bonchev–Trinajstić information content (AvgIpc) is 3.35. The molecular weight excluding hydrogens is 499 g/mol. The van der Waals surface area contributed by atoms with Crippen LogP contribution in [0.2, 0.25) is 5.02 Å². The topological polar surface area (TPSA) is 77.6 Å². The first kappa shape index (κ1) is 23.7. The standard InChI is InChI=1S/C20H9ClF7N3O3/c1-8-7-9(14-30-31-17(34-14)18(22,23)19(24,25)20(26,27)28)5-6-12(8)29-15-10-3-2-4-11(21)13(10)16(32)33-15/h2-7H,1H3. The number of aliphatic imine (C=N–C) groups is 1. The molecule has 3 aromatic rings. The summed E-state index contributed by atoms with van der Waals surface area (Å²) in [7, 11) is 0. The van der Waals surface area contributed by atoms with Crippen LogP contribution in [0.15, 0.2) is 45.8 Å². The van der Waals surface area contributed by atoms with Crippen LogP contribution in [0, 0.1) is 6.92 Å². The maximum atomic E-state index is 13.8. The number of fused-ring (bicyclic) bond motifs is 1. The van der Waals surface area contributed by atoms with E-state index in [1.165, 1.54) is 31.2 Å². The molecule has 1 aliphatic rings. The number of esters is 1. The number of benzene rings is 2. The number of aromatic nitrogens is 2. The van der Waals surface area contributed by atoms with E-state index in [0.29, 0.717) is 11.1 Å². The van der Waals surface area contributed by atoms with E-state index in [-0.39, 0.29) is 27.7 Å². The Morgan fingerprint density at radius 3 is 2.35 bits per heavy atom. The van der Waals surface area contributed by atoms with Gasteiger partial charge in [-0.25, -0.2) is 9.79 Å². The smallest absolute Gasteiger partial charge is 0.415 e. The predicted molar refractivity (Wildman–Crippen MR) is 102 cm³/mol. The number of nitrogens with zero attached hydrogens (tertiary/aromatic N) is 3. The fourth-order valence-electron chi connectivity index (χ4n) is 2.99. The molecule has 0 bridgehead atoms. The Hall–Kier alpha value is -3.48. The summed E-state index contributed by atoms with van der Waals surface area (Å²) in [6.07, 6.45) is -6.55. The van der Waals surface area contributed by atoms with Gasteiger partial charge in [-0.15, -0.1) is 10.2 Å². The molecule has 0 amide bonds. The van der Waals surface area contributed by atoms with Crippen LogP contribution >= 0.6 is 11.6 Å². The summed E-state index contributed by atoms with van der Waals surface area (Å²) in [5.74, 6) is -15.9. The summed E-state index contributed by atoms with van der Waals surface area (Å²) in [5, 5.41) is 6.00. The van der Waals surface area contributed by atoms with Crippen molar-refractivity contribution in [2.75, 3.05) is 0 Å². The third-order valence-corrected chi connectivity index (χ3v) is 5.06.